The fourth-order valence-electron chi connectivity index (χ4n) is 4.58. The monoisotopic (exact) mass is 514 g/mol. The lowest BCUT2D eigenvalue weighted by Gasteiger charge is -2.30. The molecule has 0 saturated carbocycles. The topological polar surface area (TPSA) is 40.1 Å². The van der Waals surface area contributed by atoms with Gasteiger partial charge in [-0.1, -0.05) is 111 Å². The van der Waals surface area contributed by atoms with Crippen molar-refractivity contribution < 1.29 is 9.90 Å². The van der Waals surface area contributed by atoms with Crippen molar-refractivity contribution in [3.05, 3.63) is 121 Å². The molecule has 4 heteroatoms. The minimum absolute atomic E-state index is 0.394. The predicted octanol–water partition coefficient (Wildman–Crippen LogP) is 5.20. The zero-order valence-corrected chi connectivity index (χ0v) is 23.0. The highest BCUT2D eigenvalue weighted by molar-refractivity contribution is 7.90. The standard InChI is InChI=1S/C31H35P2.CH2O2/c1-27(2)23-25-33(30-19-11-5-12-20-30,31-21-13-6-14-22-31)26-24-32(28-15-7-3-8-16-28)29-17-9-4-10-18-29;2-1-3/h3-22,27H,23-26H2,1-2H3;1H,(H,2,3)/q+1;/p-1. The predicted molar refractivity (Wildman–Crippen MR) is 158 cm³/mol. The van der Waals surface area contributed by atoms with Crippen LogP contribution in [-0.4, -0.2) is 25.0 Å². The van der Waals surface area contributed by atoms with Crippen LogP contribution < -0.4 is 26.3 Å². The van der Waals surface area contributed by atoms with Gasteiger partial charge in [0, 0.05) is 12.6 Å². The van der Waals surface area contributed by atoms with Crippen LogP contribution in [0, 0.1) is 5.92 Å². The number of carbonyl (C=O) groups is 1. The molecule has 0 aliphatic heterocycles. The second kappa shape index (κ2) is 14.7. The highest BCUT2D eigenvalue weighted by atomic mass is 31.2. The fourth-order valence-corrected chi connectivity index (χ4v) is 12.6. The highest BCUT2D eigenvalue weighted by Crippen LogP contribution is 2.59. The maximum atomic E-state index is 8.25. The number of carbonyl (C=O) groups excluding carboxylic acids is 1. The second-order valence-electron chi connectivity index (χ2n) is 9.19. The van der Waals surface area contributed by atoms with E-state index in [-0.39, 0.29) is 0 Å². The van der Waals surface area contributed by atoms with Crippen molar-refractivity contribution in [1.82, 2.24) is 0 Å². The second-order valence-corrected chi connectivity index (χ2v) is 15.4. The third-order valence-corrected chi connectivity index (χ3v) is 13.9. The van der Waals surface area contributed by atoms with E-state index in [0.717, 1.165) is 0 Å². The van der Waals surface area contributed by atoms with Gasteiger partial charge in [0.05, 0.1) is 30.2 Å². The molecule has 0 amide bonds. The van der Waals surface area contributed by atoms with Crippen LogP contribution in [0.2, 0.25) is 0 Å². The molecule has 0 aliphatic carbocycles. The fraction of sp³-hybridized carbons (Fsp3) is 0.219. The first-order chi connectivity index (χ1) is 17.6. The van der Waals surface area contributed by atoms with Gasteiger partial charge >= 0.3 is 0 Å². The maximum absolute atomic E-state index is 8.25. The molecule has 0 spiro atoms. The number of carboxylic acid groups (broad SMARTS) is 1. The Bertz CT molecular complexity index is 1050. The van der Waals surface area contributed by atoms with Crippen LogP contribution >= 0.6 is 15.2 Å². The molecule has 4 aromatic rings. The van der Waals surface area contributed by atoms with Crippen molar-refractivity contribution in [2.75, 3.05) is 18.5 Å². The molecule has 0 heterocycles. The molecule has 0 aliphatic rings. The molecule has 0 bridgehead atoms. The van der Waals surface area contributed by atoms with Crippen molar-refractivity contribution in [2.45, 2.75) is 20.3 Å². The molecule has 0 N–H and O–H groups in total. The zero-order valence-electron chi connectivity index (χ0n) is 21.2. The highest BCUT2D eigenvalue weighted by Gasteiger charge is 2.42. The molecule has 4 aromatic carbocycles. The Morgan fingerprint density at radius 1 is 0.667 bits per heavy atom. The van der Waals surface area contributed by atoms with E-state index < -0.39 is 21.7 Å². The maximum Gasteiger partial charge on any atom is 0.0991 e. The van der Waals surface area contributed by atoms with Crippen molar-refractivity contribution in [2.24, 2.45) is 5.92 Å². The Balaban J connectivity index is 0.00000115. The summed E-state index contributed by atoms with van der Waals surface area (Å²) in [4.78, 5) is 8.25. The summed E-state index contributed by atoms with van der Waals surface area (Å²) in [6.45, 7) is 4.23. The van der Waals surface area contributed by atoms with Gasteiger partial charge in [0.2, 0.25) is 0 Å². The summed E-state index contributed by atoms with van der Waals surface area (Å²) in [6, 6.07) is 45.2. The van der Waals surface area contributed by atoms with E-state index in [0.29, 0.717) is 5.92 Å². The molecule has 2 nitrogen and oxygen atoms in total. The average Bonchev–Trinajstić information content (AvgIpc) is 2.93. The Morgan fingerprint density at radius 3 is 1.39 bits per heavy atom. The quantitative estimate of drug-likeness (QED) is 0.216. The molecule has 0 fully saturated rings. The molecule has 4 rings (SSSR count). The number of rotatable bonds is 10. The molecule has 186 valence electrons. The third kappa shape index (κ3) is 7.60. The van der Waals surface area contributed by atoms with Crippen molar-refractivity contribution in [1.29, 1.82) is 0 Å². The lowest BCUT2D eigenvalue weighted by atomic mass is 10.2. The zero-order chi connectivity index (χ0) is 25.6. The van der Waals surface area contributed by atoms with E-state index in [1.807, 2.05) is 0 Å². The summed E-state index contributed by atoms with van der Waals surface area (Å²) in [6.07, 6.45) is 5.03. The number of hydrogen-bond donors (Lipinski definition) is 0. The van der Waals surface area contributed by atoms with Gasteiger partial charge in [0.1, 0.15) is 0 Å². The van der Waals surface area contributed by atoms with Gasteiger partial charge in [-0.2, -0.15) is 0 Å². The van der Waals surface area contributed by atoms with Gasteiger partial charge in [0.25, 0.3) is 0 Å². The summed E-state index contributed by atoms with van der Waals surface area (Å²) in [5.74, 6) is 0.710. The molecule has 0 unspecified atom stereocenters. The van der Waals surface area contributed by atoms with Crippen LogP contribution in [0.15, 0.2) is 121 Å². The van der Waals surface area contributed by atoms with Crippen molar-refractivity contribution in [3.63, 3.8) is 0 Å². The van der Waals surface area contributed by atoms with Crippen LogP contribution in [0.25, 0.3) is 0 Å². The van der Waals surface area contributed by atoms with Crippen LogP contribution in [0.5, 0.6) is 0 Å². The first-order valence-corrected chi connectivity index (χ1v) is 16.2. The average molecular weight is 515 g/mol. The van der Waals surface area contributed by atoms with E-state index in [2.05, 4.69) is 135 Å². The smallest absolute Gasteiger partial charge is 0.0991 e. The summed E-state index contributed by atoms with van der Waals surface area (Å²) in [7, 11) is -1.93. The van der Waals surface area contributed by atoms with Gasteiger partial charge in [-0.05, 0) is 55.1 Å². The van der Waals surface area contributed by atoms with Gasteiger partial charge in [0.15, 0.2) is 0 Å². The molecule has 0 radical (unpaired) electrons. The minimum atomic E-state index is -1.53. The Morgan fingerprint density at radius 2 is 1.03 bits per heavy atom. The van der Waals surface area contributed by atoms with Gasteiger partial charge in [-0.3, -0.25) is 0 Å². The Kier molecular flexibility index (Phi) is 11.3. The molecule has 0 aromatic heterocycles. The van der Waals surface area contributed by atoms with Crippen LogP contribution in [0.1, 0.15) is 20.3 Å². The largest absolute Gasteiger partial charge is 0.554 e. The van der Waals surface area contributed by atoms with Crippen molar-refractivity contribution in [3.8, 4) is 0 Å². The van der Waals surface area contributed by atoms with Crippen LogP contribution in [0.4, 0.5) is 0 Å². The van der Waals surface area contributed by atoms with E-state index in [9.17, 15) is 0 Å². The Labute approximate surface area is 218 Å². The van der Waals surface area contributed by atoms with E-state index in [1.165, 1.54) is 35.5 Å². The van der Waals surface area contributed by atoms with Gasteiger partial charge in [-0.25, -0.2) is 0 Å². The molecule has 0 atom stereocenters. The summed E-state index contributed by atoms with van der Waals surface area (Å²) in [5, 5.41) is 14.4. The molecule has 0 saturated heterocycles. The van der Waals surface area contributed by atoms with E-state index in [1.54, 1.807) is 10.6 Å². The summed E-state index contributed by atoms with van der Waals surface area (Å²) < 4.78 is 0. The SMILES string of the molecule is CC(C)CC[P+](CCP(c1ccccc1)c1ccccc1)(c1ccccc1)c1ccccc1.O=C[O-]. The van der Waals surface area contributed by atoms with Crippen LogP contribution in [-0.2, 0) is 4.79 Å². The lowest BCUT2D eigenvalue weighted by Crippen LogP contribution is -2.30. The molecular formula is C32H36O2P2. The normalized spacial score (nSPS) is 11.1. The molecular weight excluding hydrogens is 478 g/mol. The summed E-state index contributed by atoms with van der Waals surface area (Å²) >= 11 is 0. The Hall–Kier alpha value is -2.79. The first kappa shape index (κ1) is 27.8. The number of benzene rings is 4. The van der Waals surface area contributed by atoms with Gasteiger partial charge < -0.3 is 9.90 Å². The third-order valence-electron chi connectivity index (χ3n) is 6.43. The summed E-state index contributed by atoms with van der Waals surface area (Å²) in [5.41, 5.74) is 0. The number of hydrogen-bond acceptors (Lipinski definition) is 2. The first-order valence-electron chi connectivity index (χ1n) is 12.5. The van der Waals surface area contributed by atoms with Gasteiger partial charge in [-0.15, -0.1) is 0 Å². The minimum Gasteiger partial charge on any atom is -0.554 e. The van der Waals surface area contributed by atoms with Crippen molar-refractivity contribution >= 4 is 42.9 Å². The molecule has 36 heavy (non-hydrogen) atoms. The van der Waals surface area contributed by atoms with Crippen LogP contribution in [0.3, 0.4) is 0 Å². The lowest BCUT2D eigenvalue weighted by molar-refractivity contribution is -0.283. The van der Waals surface area contributed by atoms with E-state index in [4.69, 9.17) is 9.90 Å². The van der Waals surface area contributed by atoms with E-state index >= 15 is 0 Å².